The molecular weight excluding hydrogens is 220 g/mol. The third kappa shape index (κ3) is 2.52. The lowest BCUT2D eigenvalue weighted by Gasteiger charge is -2.24. The summed E-state index contributed by atoms with van der Waals surface area (Å²) in [5, 5.41) is 7.08. The van der Waals surface area contributed by atoms with Crippen molar-refractivity contribution in [3.05, 3.63) is 18.0 Å². The van der Waals surface area contributed by atoms with Gasteiger partial charge in [-0.25, -0.2) is 0 Å². The van der Waals surface area contributed by atoms with E-state index in [1.54, 1.807) is 0 Å². The van der Waals surface area contributed by atoms with Crippen molar-refractivity contribution in [1.29, 1.82) is 0 Å². The van der Waals surface area contributed by atoms with Gasteiger partial charge in [-0.2, -0.15) is 5.10 Å². The zero-order valence-electron chi connectivity index (χ0n) is 10.0. The van der Waals surface area contributed by atoms with E-state index in [0.29, 0.717) is 0 Å². The van der Waals surface area contributed by atoms with Crippen LogP contribution in [-0.2, 0) is 16.1 Å². The average Bonchev–Trinajstić information content (AvgIpc) is 2.72. The van der Waals surface area contributed by atoms with Crippen LogP contribution < -0.4 is 5.32 Å². The molecule has 2 heterocycles. The number of imide groups is 1. The highest BCUT2D eigenvalue weighted by molar-refractivity contribution is 5.99. The minimum atomic E-state index is -0.194. The van der Waals surface area contributed by atoms with Crippen molar-refractivity contribution in [2.45, 2.75) is 26.4 Å². The smallest absolute Gasteiger partial charge is 0.243 e. The van der Waals surface area contributed by atoms with E-state index in [9.17, 15) is 9.59 Å². The van der Waals surface area contributed by atoms with Crippen molar-refractivity contribution >= 4 is 11.8 Å². The largest absolute Gasteiger partial charge is 0.300 e. The Bertz CT molecular complexity index is 422. The number of carbonyl (C=O) groups excluding carboxylic acids is 2. The van der Waals surface area contributed by atoms with Crippen molar-refractivity contribution in [2.75, 3.05) is 13.1 Å². The summed E-state index contributed by atoms with van der Waals surface area (Å²) in [6, 6.07) is 2.11. The Kier molecular flexibility index (Phi) is 3.23. The van der Waals surface area contributed by atoms with Crippen molar-refractivity contribution in [2.24, 2.45) is 0 Å². The lowest BCUT2D eigenvalue weighted by molar-refractivity contribution is -0.147. The van der Waals surface area contributed by atoms with Gasteiger partial charge in [0.15, 0.2) is 0 Å². The van der Waals surface area contributed by atoms with E-state index in [4.69, 9.17) is 0 Å². The molecule has 0 unspecified atom stereocenters. The molecule has 0 radical (unpaired) electrons. The van der Waals surface area contributed by atoms with Gasteiger partial charge in [-0.15, -0.1) is 0 Å². The summed E-state index contributed by atoms with van der Waals surface area (Å²) in [6.07, 6.45) is 1.86. The number of hydrogen-bond donors (Lipinski definition) is 1. The Hall–Kier alpha value is -1.69. The van der Waals surface area contributed by atoms with E-state index in [-0.39, 0.29) is 37.5 Å². The Morgan fingerprint density at radius 1 is 1.35 bits per heavy atom. The number of nitrogens with zero attached hydrogens (tertiary/aromatic N) is 3. The maximum Gasteiger partial charge on any atom is 0.243 e. The van der Waals surface area contributed by atoms with Gasteiger partial charge >= 0.3 is 0 Å². The summed E-state index contributed by atoms with van der Waals surface area (Å²) in [6.45, 7) is 4.75. The second-order valence-corrected chi connectivity index (χ2v) is 4.36. The molecule has 2 rings (SSSR count). The van der Waals surface area contributed by atoms with Crippen LogP contribution in [0, 0.1) is 0 Å². The molecule has 17 heavy (non-hydrogen) atoms. The Morgan fingerprint density at radius 2 is 2.00 bits per heavy atom. The van der Waals surface area contributed by atoms with Crippen LogP contribution in [-0.4, -0.2) is 39.6 Å². The van der Waals surface area contributed by atoms with E-state index in [1.165, 1.54) is 4.90 Å². The van der Waals surface area contributed by atoms with Crippen LogP contribution in [0.25, 0.3) is 0 Å². The molecule has 0 aliphatic carbocycles. The molecule has 1 N–H and O–H groups in total. The molecule has 0 saturated carbocycles. The fourth-order valence-corrected chi connectivity index (χ4v) is 1.69. The third-order valence-corrected chi connectivity index (χ3v) is 2.67. The van der Waals surface area contributed by atoms with Crippen molar-refractivity contribution in [3.63, 3.8) is 0 Å². The first-order valence-electron chi connectivity index (χ1n) is 5.66. The second kappa shape index (κ2) is 4.67. The molecule has 0 spiro atoms. The molecular formula is C11H16N4O2. The first kappa shape index (κ1) is 11.8. The zero-order valence-corrected chi connectivity index (χ0v) is 10.0. The molecule has 92 valence electrons. The molecule has 0 atom stereocenters. The highest BCUT2D eigenvalue weighted by atomic mass is 16.2. The van der Waals surface area contributed by atoms with Crippen molar-refractivity contribution in [1.82, 2.24) is 20.0 Å². The average molecular weight is 236 g/mol. The molecule has 1 aliphatic heterocycles. The second-order valence-electron chi connectivity index (χ2n) is 4.36. The van der Waals surface area contributed by atoms with Crippen LogP contribution >= 0.6 is 0 Å². The van der Waals surface area contributed by atoms with E-state index >= 15 is 0 Å². The molecule has 1 aromatic heterocycles. The van der Waals surface area contributed by atoms with Gasteiger partial charge in [0.25, 0.3) is 0 Å². The predicted molar refractivity (Wildman–Crippen MR) is 61.0 cm³/mol. The van der Waals surface area contributed by atoms with Gasteiger partial charge in [0.05, 0.1) is 25.3 Å². The van der Waals surface area contributed by atoms with Crippen LogP contribution in [0.15, 0.2) is 12.3 Å². The number of nitrogens with one attached hydrogen (secondary N) is 1. The monoisotopic (exact) mass is 236 g/mol. The van der Waals surface area contributed by atoms with Gasteiger partial charge in [0.1, 0.15) is 0 Å². The minimum absolute atomic E-state index is 0.194. The first-order chi connectivity index (χ1) is 8.08. The highest BCUT2D eigenvalue weighted by Crippen LogP contribution is 2.08. The van der Waals surface area contributed by atoms with Gasteiger partial charge in [-0.05, 0) is 19.9 Å². The molecule has 1 aliphatic rings. The summed E-state index contributed by atoms with van der Waals surface area (Å²) in [5.41, 5.74) is 0.738. The van der Waals surface area contributed by atoms with Crippen LogP contribution in [0.4, 0.5) is 0 Å². The standard InChI is InChI=1S/C11H16N4O2/c1-8(2)15-4-3-9(13-15)7-14-10(16)5-12-6-11(14)17/h3-4,8,12H,5-7H2,1-2H3. The first-order valence-corrected chi connectivity index (χ1v) is 5.66. The van der Waals surface area contributed by atoms with E-state index in [0.717, 1.165) is 5.69 Å². The third-order valence-electron chi connectivity index (χ3n) is 2.67. The summed E-state index contributed by atoms with van der Waals surface area (Å²) in [5.74, 6) is -0.388. The van der Waals surface area contributed by atoms with Crippen LogP contribution in [0.3, 0.4) is 0 Å². The number of rotatable bonds is 3. The molecule has 0 aromatic carbocycles. The molecule has 1 saturated heterocycles. The maximum absolute atomic E-state index is 11.6. The van der Waals surface area contributed by atoms with Crippen molar-refractivity contribution in [3.8, 4) is 0 Å². The summed E-state index contributed by atoms with van der Waals surface area (Å²) >= 11 is 0. The number of piperazine rings is 1. The molecule has 1 fully saturated rings. The fourth-order valence-electron chi connectivity index (χ4n) is 1.69. The Morgan fingerprint density at radius 3 is 2.53 bits per heavy atom. The lowest BCUT2D eigenvalue weighted by Crippen LogP contribution is -2.51. The van der Waals surface area contributed by atoms with Gasteiger partial charge in [-0.3, -0.25) is 24.5 Å². The predicted octanol–water partition coefficient (Wildman–Crippen LogP) is -0.0776. The van der Waals surface area contributed by atoms with Crippen LogP contribution in [0.1, 0.15) is 25.6 Å². The van der Waals surface area contributed by atoms with Gasteiger partial charge < -0.3 is 0 Å². The summed E-state index contributed by atoms with van der Waals surface area (Å²) in [7, 11) is 0. The number of amides is 2. The molecule has 6 heteroatoms. The Balaban J connectivity index is 2.08. The molecule has 0 bridgehead atoms. The quantitative estimate of drug-likeness (QED) is 0.746. The Labute approximate surface area is 99.6 Å². The zero-order chi connectivity index (χ0) is 12.4. The molecule has 1 aromatic rings. The van der Waals surface area contributed by atoms with E-state index in [1.807, 2.05) is 30.8 Å². The number of hydrogen-bond acceptors (Lipinski definition) is 4. The van der Waals surface area contributed by atoms with Crippen molar-refractivity contribution < 1.29 is 9.59 Å². The number of aromatic nitrogens is 2. The van der Waals surface area contributed by atoms with E-state index < -0.39 is 0 Å². The highest BCUT2D eigenvalue weighted by Gasteiger charge is 2.26. The van der Waals surface area contributed by atoms with Gasteiger partial charge in [0, 0.05) is 12.2 Å². The topological polar surface area (TPSA) is 67.2 Å². The summed E-state index contributed by atoms with van der Waals surface area (Å²) < 4.78 is 1.81. The fraction of sp³-hybridized carbons (Fsp3) is 0.545. The minimum Gasteiger partial charge on any atom is -0.300 e. The van der Waals surface area contributed by atoms with Crippen LogP contribution in [0.5, 0.6) is 0 Å². The molecule has 2 amide bonds. The van der Waals surface area contributed by atoms with Crippen LogP contribution in [0.2, 0.25) is 0 Å². The van der Waals surface area contributed by atoms with Gasteiger partial charge in [-0.1, -0.05) is 0 Å². The van der Waals surface area contributed by atoms with E-state index in [2.05, 4.69) is 10.4 Å². The summed E-state index contributed by atoms with van der Waals surface area (Å²) in [4.78, 5) is 24.4. The SMILES string of the molecule is CC(C)n1ccc(CN2C(=O)CNCC2=O)n1. The lowest BCUT2D eigenvalue weighted by atomic mass is 10.3. The maximum atomic E-state index is 11.6. The normalized spacial score (nSPS) is 17.0. The van der Waals surface area contributed by atoms with Gasteiger partial charge in [0.2, 0.25) is 11.8 Å². The molecule has 6 nitrogen and oxygen atoms in total. The number of carbonyl (C=O) groups is 2.